The van der Waals surface area contributed by atoms with Gasteiger partial charge < -0.3 is 5.32 Å². The smallest absolute Gasteiger partial charge is 0.220 e. The molecule has 1 N–H and O–H groups in total. The molecule has 0 saturated heterocycles. The lowest BCUT2D eigenvalue weighted by Crippen LogP contribution is -2.22. The first-order valence-corrected chi connectivity index (χ1v) is 6.54. The van der Waals surface area contributed by atoms with Gasteiger partial charge >= 0.3 is 0 Å². The minimum atomic E-state index is 0.00920. The van der Waals surface area contributed by atoms with Gasteiger partial charge in [0.1, 0.15) is 0 Å². The van der Waals surface area contributed by atoms with Crippen molar-refractivity contribution in [1.29, 1.82) is 0 Å². The Kier molecular flexibility index (Phi) is 5.00. The van der Waals surface area contributed by atoms with Gasteiger partial charge in [0.15, 0.2) is 0 Å². The van der Waals surface area contributed by atoms with Crippen molar-refractivity contribution in [2.45, 2.75) is 19.4 Å². The van der Waals surface area contributed by atoms with Crippen LogP contribution in [0.5, 0.6) is 0 Å². The third-order valence-electron chi connectivity index (χ3n) is 2.78. The molecule has 20 heavy (non-hydrogen) atoms. The Morgan fingerprint density at radius 2 is 2.05 bits per heavy atom. The van der Waals surface area contributed by atoms with Crippen LogP contribution in [0.2, 0.25) is 0 Å². The predicted octanol–water partition coefficient (Wildman–Crippen LogP) is 2.73. The van der Waals surface area contributed by atoms with Crippen molar-refractivity contribution >= 4 is 5.91 Å². The summed E-state index contributed by atoms with van der Waals surface area (Å²) < 4.78 is 0. The second-order valence-corrected chi connectivity index (χ2v) is 4.33. The van der Waals surface area contributed by atoms with Crippen molar-refractivity contribution < 1.29 is 4.79 Å². The number of nitrogens with zero attached hydrogens (tertiary/aromatic N) is 2. The van der Waals surface area contributed by atoms with E-state index in [2.05, 4.69) is 21.9 Å². The topological polar surface area (TPSA) is 54.9 Å². The Labute approximate surface area is 118 Å². The summed E-state index contributed by atoms with van der Waals surface area (Å²) in [5.41, 5.74) is 2.45. The van der Waals surface area contributed by atoms with Gasteiger partial charge in [-0.05, 0) is 30.7 Å². The highest BCUT2D eigenvalue weighted by Crippen LogP contribution is 2.13. The van der Waals surface area contributed by atoms with E-state index in [4.69, 9.17) is 0 Å². The highest BCUT2D eigenvalue weighted by molar-refractivity contribution is 5.75. The first-order chi connectivity index (χ1) is 9.79. The molecule has 0 aliphatic heterocycles. The van der Waals surface area contributed by atoms with Gasteiger partial charge in [-0.3, -0.25) is 9.78 Å². The quantitative estimate of drug-likeness (QED) is 0.819. The molecule has 2 heterocycles. The van der Waals surface area contributed by atoms with Crippen molar-refractivity contribution in [1.82, 2.24) is 15.3 Å². The van der Waals surface area contributed by atoms with E-state index in [0.29, 0.717) is 19.4 Å². The van der Waals surface area contributed by atoms with Crippen molar-refractivity contribution in [2.75, 3.05) is 0 Å². The number of rotatable bonds is 6. The summed E-state index contributed by atoms with van der Waals surface area (Å²) in [6.07, 6.45) is 4.62. The molecule has 2 rings (SSSR count). The summed E-state index contributed by atoms with van der Waals surface area (Å²) in [4.78, 5) is 20.3. The van der Waals surface area contributed by atoms with E-state index in [1.54, 1.807) is 12.3 Å². The molecule has 0 unspecified atom stereocenters. The zero-order chi connectivity index (χ0) is 14.2. The molecule has 4 nitrogen and oxygen atoms in total. The lowest BCUT2D eigenvalue weighted by molar-refractivity contribution is -0.121. The number of aromatic nitrogens is 2. The summed E-state index contributed by atoms with van der Waals surface area (Å²) >= 11 is 0. The predicted molar refractivity (Wildman–Crippen MR) is 78.7 cm³/mol. The van der Waals surface area contributed by atoms with E-state index in [1.807, 2.05) is 36.4 Å². The summed E-state index contributed by atoms with van der Waals surface area (Å²) in [6, 6.07) is 11.4. The molecule has 2 aromatic rings. The highest BCUT2D eigenvalue weighted by Gasteiger charge is 2.03. The standard InChI is InChI=1S/C16H17N3O/c1-2-3-10-16(20)18-12-13-7-6-9-15(19-13)14-8-4-5-11-17-14/h2,4-9,11H,1,3,10,12H2,(H,18,20). The third kappa shape index (κ3) is 4.02. The maximum Gasteiger partial charge on any atom is 0.220 e. The van der Waals surface area contributed by atoms with Crippen LogP contribution in [0.25, 0.3) is 11.4 Å². The van der Waals surface area contributed by atoms with Crippen LogP contribution in [0.4, 0.5) is 0 Å². The van der Waals surface area contributed by atoms with Gasteiger partial charge in [-0.25, -0.2) is 4.98 Å². The lowest BCUT2D eigenvalue weighted by Gasteiger charge is -2.06. The highest BCUT2D eigenvalue weighted by atomic mass is 16.1. The van der Waals surface area contributed by atoms with E-state index in [9.17, 15) is 4.79 Å². The maximum absolute atomic E-state index is 11.5. The molecule has 0 spiro atoms. The van der Waals surface area contributed by atoms with E-state index < -0.39 is 0 Å². The molecular formula is C16H17N3O. The molecule has 102 valence electrons. The second kappa shape index (κ2) is 7.19. The van der Waals surface area contributed by atoms with Crippen molar-refractivity contribution in [2.24, 2.45) is 0 Å². The first kappa shape index (κ1) is 13.9. The number of amides is 1. The lowest BCUT2D eigenvalue weighted by atomic mass is 10.2. The van der Waals surface area contributed by atoms with Gasteiger partial charge in [0.2, 0.25) is 5.91 Å². The zero-order valence-corrected chi connectivity index (χ0v) is 11.2. The van der Waals surface area contributed by atoms with Crippen molar-refractivity contribution in [3.8, 4) is 11.4 Å². The zero-order valence-electron chi connectivity index (χ0n) is 11.2. The average molecular weight is 267 g/mol. The van der Waals surface area contributed by atoms with Crippen LogP contribution in [0, 0.1) is 0 Å². The summed E-state index contributed by atoms with van der Waals surface area (Å²) in [5, 5.41) is 2.84. The molecule has 2 aromatic heterocycles. The fourth-order valence-electron chi connectivity index (χ4n) is 1.75. The van der Waals surface area contributed by atoms with Gasteiger partial charge in [-0.15, -0.1) is 6.58 Å². The number of nitrogens with one attached hydrogen (secondary N) is 1. The van der Waals surface area contributed by atoms with E-state index in [1.165, 1.54) is 0 Å². The largest absolute Gasteiger partial charge is 0.350 e. The van der Waals surface area contributed by atoms with Crippen LogP contribution in [0.3, 0.4) is 0 Å². The molecular weight excluding hydrogens is 250 g/mol. The number of carbonyl (C=O) groups is 1. The van der Waals surface area contributed by atoms with E-state index >= 15 is 0 Å². The Morgan fingerprint density at radius 3 is 2.80 bits per heavy atom. The van der Waals surface area contributed by atoms with Gasteiger partial charge in [-0.2, -0.15) is 0 Å². The average Bonchev–Trinajstić information content (AvgIpc) is 2.52. The van der Waals surface area contributed by atoms with Gasteiger partial charge in [-0.1, -0.05) is 18.2 Å². The van der Waals surface area contributed by atoms with Gasteiger partial charge in [0.05, 0.1) is 23.6 Å². The Balaban J connectivity index is 2.00. The molecule has 4 heteroatoms. The summed E-state index contributed by atoms with van der Waals surface area (Å²) in [7, 11) is 0. The number of carbonyl (C=O) groups excluding carboxylic acids is 1. The van der Waals surface area contributed by atoms with Gasteiger partial charge in [0.25, 0.3) is 0 Å². The second-order valence-electron chi connectivity index (χ2n) is 4.33. The van der Waals surface area contributed by atoms with Crippen LogP contribution < -0.4 is 5.32 Å². The summed E-state index contributed by atoms with van der Waals surface area (Å²) in [6.45, 7) is 4.02. The van der Waals surface area contributed by atoms with Crippen LogP contribution in [-0.2, 0) is 11.3 Å². The number of pyridine rings is 2. The Morgan fingerprint density at radius 1 is 1.20 bits per heavy atom. The number of allylic oxidation sites excluding steroid dienone is 1. The molecule has 1 amide bonds. The van der Waals surface area contributed by atoms with E-state index in [0.717, 1.165) is 17.1 Å². The minimum Gasteiger partial charge on any atom is -0.350 e. The SMILES string of the molecule is C=CCCC(=O)NCc1cccc(-c2ccccn2)n1. The maximum atomic E-state index is 11.5. The van der Waals surface area contributed by atoms with Crippen LogP contribution in [0.15, 0.2) is 55.3 Å². The molecule has 0 bridgehead atoms. The van der Waals surface area contributed by atoms with Crippen LogP contribution in [-0.4, -0.2) is 15.9 Å². The van der Waals surface area contributed by atoms with E-state index in [-0.39, 0.29) is 5.91 Å². The fourth-order valence-corrected chi connectivity index (χ4v) is 1.75. The first-order valence-electron chi connectivity index (χ1n) is 6.54. The van der Waals surface area contributed by atoms with Crippen molar-refractivity contribution in [3.05, 3.63) is 60.9 Å². The normalized spacial score (nSPS) is 10.0. The number of hydrogen-bond acceptors (Lipinski definition) is 3. The Bertz CT molecular complexity index is 581. The fraction of sp³-hybridized carbons (Fsp3) is 0.188. The van der Waals surface area contributed by atoms with Crippen molar-refractivity contribution in [3.63, 3.8) is 0 Å². The molecule has 0 aliphatic rings. The van der Waals surface area contributed by atoms with Crippen LogP contribution >= 0.6 is 0 Å². The monoisotopic (exact) mass is 267 g/mol. The molecule has 0 saturated carbocycles. The van der Waals surface area contributed by atoms with Crippen LogP contribution in [0.1, 0.15) is 18.5 Å². The minimum absolute atomic E-state index is 0.00920. The summed E-state index contributed by atoms with van der Waals surface area (Å²) in [5.74, 6) is 0.00920. The Hall–Kier alpha value is -2.49. The molecule has 0 aromatic carbocycles. The van der Waals surface area contributed by atoms with Gasteiger partial charge in [0, 0.05) is 12.6 Å². The molecule has 0 aliphatic carbocycles. The molecule has 0 atom stereocenters. The molecule has 0 radical (unpaired) electrons. The third-order valence-corrected chi connectivity index (χ3v) is 2.78. The number of hydrogen-bond donors (Lipinski definition) is 1. The molecule has 0 fully saturated rings.